The van der Waals surface area contributed by atoms with Gasteiger partial charge in [-0.05, 0) is 30.0 Å². The molecule has 22 heavy (non-hydrogen) atoms. The largest absolute Gasteiger partial charge is 0.383 e. The second-order valence-electron chi connectivity index (χ2n) is 5.53. The van der Waals surface area contributed by atoms with Crippen molar-refractivity contribution in [2.24, 2.45) is 5.92 Å². The van der Waals surface area contributed by atoms with Gasteiger partial charge < -0.3 is 15.4 Å². The number of amides is 2. The van der Waals surface area contributed by atoms with Crippen LogP contribution < -0.4 is 10.6 Å². The molecule has 0 heterocycles. The Kier molecular flexibility index (Phi) is 7.60. The van der Waals surface area contributed by atoms with E-state index in [1.165, 1.54) is 5.56 Å². The average Bonchev–Trinajstić information content (AvgIpc) is 2.52. The highest BCUT2D eigenvalue weighted by Gasteiger charge is 2.24. The van der Waals surface area contributed by atoms with Crippen LogP contribution in [-0.2, 0) is 16.0 Å². The first-order valence-electron chi connectivity index (χ1n) is 7.66. The molecule has 0 aliphatic heterocycles. The fraction of sp³-hybridized carbons (Fsp3) is 0.529. The third kappa shape index (κ3) is 5.48. The SMILES string of the molecule is CCc1ccc(C(=O)NC(C(=O)NCCOC)C(C)C)cc1. The van der Waals surface area contributed by atoms with Gasteiger partial charge in [-0.2, -0.15) is 0 Å². The minimum atomic E-state index is -0.560. The van der Waals surface area contributed by atoms with Gasteiger partial charge in [0.05, 0.1) is 6.61 Å². The third-order valence-corrected chi connectivity index (χ3v) is 3.47. The number of methoxy groups -OCH3 is 1. The lowest BCUT2D eigenvalue weighted by Gasteiger charge is -2.21. The van der Waals surface area contributed by atoms with Gasteiger partial charge in [0, 0.05) is 19.2 Å². The van der Waals surface area contributed by atoms with Crippen LogP contribution in [0.5, 0.6) is 0 Å². The number of aryl methyl sites for hydroxylation is 1. The van der Waals surface area contributed by atoms with Gasteiger partial charge in [-0.3, -0.25) is 9.59 Å². The molecule has 1 unspecified atom stereocenters. The lowest BCUT2D eigenvalue weighted by molar-refractivity contribution is -0.124. The van der Waals surface area contributed by atoms with Gasteiger partial charge in [0.15, 0.2) is 0 Å². The van der Waals surface area contributed by atoms with E-state index in [0.717, 1.165) is 6.42 Å². The molecule has 5 nitrogen and oxygen atoms in total. The Labute approximate surface area is 132 Å². The molecule has 122 valence electrons. The van der Waals surface area contributed by atoms with Crippen molar-refractivity contribution in [1.82, 2.24) is 10.6 Å². The summed E-state index contributed by atoms with van der Waals surface area (Å²) in [6.45, 7) is 6.75. The maximum atomic E-state index is 12.3. The maximum absolute atomic E-state index is 12.3. The molecule has 1 atom stereocenters. The zero-order valence-electron chi connectivity index (χ0n) is 13.8. The molecule has 0 spiro atoms. The van der Waals surface area contributed by atoms with Crippen molar-refractivity contribution in [3.63, 3.8) is 0 Å². The van der Waals surface area contributed by atoms with E-state index in [1.54, 1.807) is 19.2 Å². The Balaban J connectivity index is 2.68. The molecule has 0 fully saturated rings. The highest BCUT2D eigenvalue weighted by Crippen LogP contribution is 2.08. The normalized spacial score (nSPS) is 12.0. The summed E-state index contributed by atoms with van der Waals surface area (Å²) in [5.74, 6) is -0.421. The molecule has 0 radical (unpaired) electrons. The average molecular weight is 306 g/mol. The van der Waals surface area contributed by atoms with Gasteiger partial charge in [0.2, 0.25) is 5.91 Å². The third-order valence-electron chi connectivity index (χ3n) is 3.47. The van der Waals surface area contributed by atoms with Crippen LogP contribution in [0.4, 0.5) is 0 Å². The Bertz CT molecular complexity index is 483. The standard InChI is InChI=1S/C17H26N2O3/c1-5-13-6-8-14(9-7-13)16(20)19-15(12(2)3)17(21)18-10-11-22-4/h6-9,12,15H,5,10-11H2,1-4H3,(H,18,21)(H,19,20). The summed E-state index contributed by atoms with van der Waals surface area (Å²) >= 11 is 0. The van der Waals surface area contributed by atoms with Crippen LogP contribution in [0.2, 0.25) is 0 Å². The number of benzene rings is 1. The van der Waals surface area contributed by atoms with Crippen LogP contribution in [-0.4, -0.2) is 38.1 Å². The van der Waals surface area contributed by atoms with E-state index in [0.29, 0.717) is 18.7 Å². The van der Waals surface area contributed by atoms with E-state index in [9.17, 15) is 9.59 Å². The van der Waals surface area contributed by atoms with Crippen molar-refractivity contribution in [2.45, 2.75) is 33.2 Å². The van der Waals surface area contributed by atoms with Gasteiger partial charge in [0.1, 0.15) is 6.04 Å². The summed E-state index contributed by atoms with van der Waals surface area (Å²) < 4.78 is 4.90. The van der Waals surface area contributed by atoms with Crippen molar-refractivity contribution >= 4 is 11.8 Å². The molecule has 2 amide bonds. The van der Waals surface area contributed by atoms with Crippen molar-refractivity contribution in [3.8, 4) is 0 Å². The monoisotopic (exact) mass is 306 g/mol. The van der Waals surface area contributed by atoms with Gasteiger partial charge >= 0.3 is 0 Å². The van der Waals surface area contributed by atoms with Gasteiger partial charge in [0.25, 0.3) is 5.91 Å². The number of nitrogens with one attached hydrogen (secondary N) is 2. The van der Waals surface area contributed by atoms with Gasteiger partial charge in [-0.15, -0.1) is 0 Å². The Morgan fingerprint density at radius 2 is 1.82 bits per heavy atom. The number of rotatable bonds is 8. The van der Waals surface area contributed by atoms with E-state index in [1.807, 2.05) is 26.0 Å². The van der Waals surface area contributed by atoms with Crippen molar-refractivity contribution in [2.75, 3.05) is 20.3 Å². The minimum absolute atomic E-state index is 0.00131. The second-order valence-corrected chi connectivity index (χ2v) is 5.53. The zero-order chi connectivity index (χ0) is 16.5. The summed E-state index contributed by atoms with van der Waals surface area (Å²) in [6.07, 6.45) is 0.929. The Hall–Kier alpha value is -1.88. The molecule has 0 saturated heterocycles. The van der Waals surface area contributed by atoms with Crippen LogP contribution >= 0.6 is 0 Å². The second kappa shape index (κ2) is 9.20. The summed E-state index contributed by atoms with van der Waals surface area (Å²) in [4.78, 5) is 24.4. The molecule has 1 aromatic carbocycles. The Morgan fingerprint density at radius 1 is 1.18 bits per heavy atom. The molecule has 1 rings (SSSR count). The van der Waals surface area contributed by atoms with Crippen molar-refractivity contribution in [1.29, 1.82) is 0 Å². The lowest BCUT2D eigenvalue weighted by atomic mass is 10.0. The summed E-state index contributed by atoms with van der Waals surface area (Å²) in [7, 11) is 1.58. The smallest absolute Gasteiger partial charge is 0.251 e. The predicted octanol–water partition coefficient (Wildman–Crippen LogP) is 1.77. The summed E-state index contributed by atoms with van der Waals surface area (Å²) in [6, 6.07) is 6.87. The highest BCUT2D eigenvalue weighted by molar-refractivity contribution is 5.97. The molecular formula is C17H26N2O3. The van der Waals surface area contributed by atoms with Crippen LogP contribution in [0.3, 0.4) is 0 Å². The fourth-order valence-corrected chi connectivity index (χ4v) is 2.04. The molecule has 0 aliphatic rings. The maximum Gasteiger partial charge on any atom is 0.251 e. The number of hydrogen-bond donors (Lipinski definition) is 2. The van der Waals surface area contributed by atoms with E-state index in [4.69, 9.17) is 4.74 Å². The van der Waals surface area contributed by atoms with E-state index < -0.39 is 6.04 Å². The summed E-state index contributed by atoms with van der Waals surface area (Å²) in [5.41, 5.74) is 1.74. The molecule has 0 saturated carbocycles. The van der Waals surface area contributed by atoms with Crippen LogP contribution in [0.25, 0.3) is 0 Å². The van der Waals surface area contributed by atoms with Crippen molar-refractivity contribution in [3.05, 3.63) is 35.4 Å². The van der Waals surface area contributed by atoms with Gasteiger partial charge in [-0.25, -0.2) is 0 Å². The molecule has 0 aromatic heterocycles. The predicted molar refractivity (Wildman–Crippen MR) is 86.8 cm³/mol. The van der Waals surface area contributed by atoms with E-state index >= 15 is 0 Å². The van der Waals surface area contributed by atoms with Crippen LogP contribution in [0, 0.1) is 5.92 Å². The van der Waals surface area contributed by atoms with E-state index in [-0.39, 0.29) is 17.7 Å². The van der Waals surface area contributed by atoms with Gasteiger partial charge in [-0.1, -0.05) is 32.9 Å². The highest BCUT2D eigenvalue weighted by atomic mass is 16.5. The Morgan fingerprint density at radius 3 is 2.32 bits per heavy atom. The van der Waals surface area contributed by atoms with Crippen molar-refractivity contribution < 1.29 is 14.3 Å². The minimum Gasteiger partial charge on any atom is -0.383 e. The number of carbonyl (C=O) groups is 2. The molecular weight excluding hydrogens is 280 g/mol. The number of ether oxygens (including phenoxy) is 1. The molecule has 1 aromatic rings. The number of hydrogen-bond acceptors (Lipinski definition) is 3. The zero-order valence-corrected chi connectivity index (χ0v) is 13.8. The molecule has 5 heteroatoms. The number of carbonyl (C=O) groups excluding carboxylic acids is 2. The quantitative estimate of drug-likeness (QED) is 0.719. The van der Waals surface area contributed by atoms with Crippen LogP contribution in [0.15, 0.2) is 24.3 Å². The first-order valence-corrected chi connectivity index (χ1v) is 7.66. The summed E-state index contributed by atoms with van der Waals surface area (Å²) in [5, 5.41) is 5.57. The van der Waals surface area contributed by atoms with E-state index in [2.05, 4.69) is 17.6 Å². The first-order chi connectivity index (χ1) is 10.5. The molecule has 0 aliphatic carbocycles. The topological polar surface area (TPSA) is 67.4 Å². The lowest BCUT2D eigenvalue weighted by Crippen LogP contribution is -2.50. The molecule has 0 bridgehead atoms. The first kappa shape index (κ1) is 18.2. The fourth-order valence-electron chi connectivity index (χ4n) is 2.04. The molecule has 2 N–H and O–H groups in total. The van der Waals surface area contributed by atoms with Crippen LogP contribution in [0.1, 0.15) is 36.7 Å².